The quantitative estimate of drug-likeness (QED) is 0.614. The Labute approximate surface area is 169 Å². The summed E-state index contributed by atoms with van der Waals surface area (Å²) in [5.74, 6) is 0.548. The molecule has 2 atom stereocenters. The number of anilines is 1. The van der Waals surface area contributed by atoms with Gasteiger partial charge in [-0.3, -0.25) is 19.7 Å². The van der Waals surface area contributed by atoms with Crippen LogP contribution in [0.2, 0.25) is 0 Å². The van der Waals surface area contributed by atoms with Gasteiger partial charge in [0.1, 0.15) is 0 Å². The van der Waals surface area contributed by atoms with Crippen LogP contribution < -0.4 is 5.32 Å². The summed E-state index contributed by atoms with van der Waals surface area (Å²) < 4.78 is 0. The maximum absolute atomic E-state index is 13.1. The van der Waals surface area contributed by atoms with Crippen LogP contribution in [0.15, 0.2) is 48.5 Å². The lowest BCUT2D eigenvalue weighted by atomic mass is 9.91. The molecule has 3 rings (SSSR count). The van der Waals surface area contributed by atoms with E-state index >= 15 is 0 Å². The van der Waals surface area contributed by atoms with E-state index in [4.69, 9.17) is 0 Å². The molecule has 2 amide bonds. The zero-order chi connectivity index (χ0) is 21.0. The van der Waals surface area contributed by atoms with Crippen molar-refractivity contribution >= 4 is 23.2 Å². The molecule has 7 heteroatoms. The number of rotatable bonds is 5. The van der Waals surface area contributed by atoms with E-state index in [9.17, 15) is 19.7 Å². The molecule has 1 N–H and O–H groups in total. The number of hydrogen-bond acceptors (Lipinski definition) is 4. The minimum Gasteiger partial charge on any atom is -0.338 e. The van der Waals surface area contributed by atoms with Crippen LogP contribution in [0.1, 0.15) is 36.2 Å². The summed E-state index contributed by atoms with van der Waals surface area (Å²) in [5, 5.41) is 13.6. The lowest BCUT2D eigenvalue weighted by Crippen LogP contribution is -2.42. The summed E-state index contributed by atoms with van der Waals surface area (Å²) in [5.41, 5.74) is 1.60. The molecule has 2 unspecified atom stereocenters. The lowest BCUT2D eigenvalue weighted by molar-refractivity contribution is -0.384. The first-order valence-electron chi connectivity index (χ1n) is 9.75. The summed E-state index contributed by atoms with van der Waals surface area (Å²) in [7, 11) is 0. The van der Waals surface area contributed by atoms with Gasteiger partial charge in [0.15, 0.2) is 0 Å². The Balaban J connectivity index is 1.70. The number of carbonyl (C=O) groups excluding carboxylic acids is 2. The third-order valence-corrected chi connectivity index (χ3v) is 5.10. The third kappa shape index (κ3) is 5.19. The Kier molecular flexibility index (Phi) is 6.26. The number of carbonyl (C=O) groups is 2. The van der Waals surface area contributed by atoms with Gasteiger partial charge in [0.05, 0.1) is 22.6 Å². The number of hydrogen-bond donors (Lipinski definition) is 1. The van der Waals surface area contributed by atoms with Crippen molar-refractivity contribution in [1.29, 1.82) is 0 Å². The van der Waals surface area contributed by atoms with Gasteiger partial charge in [-0.25, -0.2) is 0 Å². The summed E-state index contributed by atoms with van der Waals surface area (Å²) in [6, 6.07) is 12.9. The summed E-state index contributed by atoms with van der Waals surface area (Å²) >= 11 is 0. The Bertz CT molecular complexity index is 901. The highest BCUT2D eigenvalue weighted by Gasteiger charge is 2.27. The van der Waals surface area contributed by atoms with E-state index in [0.717, 1.165) is 6.42 Å². The number of nitrogens with one attached hydrogen (secondary N) is 1. The van der Waals surface area contributed by atoms with Crippen molar-refractivity contribution in [2.75, 3.05) is 18.4 Å². The molecule has 0 aliphatic carbocycles. The molecule has 29 heavy (non-hydrogen) atoms. The normalized spacial score (nSPS) is 18.9. The molecular formula is C22H25N3O4. The number of non-ortho nitro benzene ring substituents is 1. The fourth-order valence-electron chi connectivity index (χ4n) is 3.89. The third-order valence-electron chi connectivity index (χ3n) is 5.10. The van der Waals surface area contributed by atoms with Crippen molar-refractivity contribution < 1.29 is 14.5 Å². The average molecular weight is 395 g/mol. The summed E-state index contributed by atoms with van der Waals surface area (Å²) in [4.78, 5) is 37.7. The molecule has 0 bridgehead atoms. The van der Waals surface area contributed by atoms with Gasteiger partial charge in [-0.05, 0) is 36.0 Å². The van der Waals surface area contributed by atoms with Gasteiger partial charge in [0, 0.05) is 25.2 Å². The smallest absolute Gasteiger partial charge is 0.269 e. The summed E-state index contributed by atoms with van der Waals surface area (Å²) in [6.07, 6.45) is 1.18. The zero-order valence-electron chi connectivity index (χ0n) is 16.6. The van der Waals surface area contributed by atoms with Gasteiger partial charge < -0.3 is 10.2 Å². The number of nitrogens with zero attached hydrogens (tertiary/aromatic N) is 2. The number of para-hydroxylation sites is 1. The Morgan fingerprint density at radius 2 is 1.69 bits per heavy atom. The van der Waals surface area contributed by atoms with E-state index in [0.29, 0.717) is 41.7 Å². The minimum absolute atomic E-state index is 0.0184. The van der Waals surface area contributed by atoms with Gasteiger partial charge >= 0.3 is 0 Å². The molecule has 0 spiro atoms. The van der Waals surface area contributed by atoms with Crippen molar-refractivity contribution in [2.45, 2.75) is 26.7 Å². The molecule has 1 fully saturated rings. The fourth-order valence-corrected chi connectivity index (χ4v) is 3.89. The Morgan fingerprint density at radius 1 is 1.07 bits per heavy atom. The monoisotopic (exact) mass is 395 g/mol. The van der Waals surface area contributed by atoms with Crippen LogP contribution in [0.4, 0.5) is 11.4 Å². The second-order valence-electron chi connectivity index (χ2n) is 7.85. The molecule has 1 aliphatic rings. The minimum atomic E-state index is -0.478. The second kappa shape index (κ2) is 8.86. The van der Waals surface area contributed by atoms with Crippen LogP contribution in [-0.2, 0) is 11.2 Å². The van der Waals surface area contributed by atoms with E-state index in [1.54, 1.807) is 36.4 Å². The lowest BCUT2D eigenvalue weighted by Gasteiger charge is -2.35. The van der Waals surface area contributed by atoms with Gasteiger partial charge in [-0.1, -0.05) is 38.1 Å². The SMILES string of the molecule is CC1CC(C)CN(C(=O)c2ccccc2NC(=O)Cc2ccc([N+](=O)[O-])cc2)C1. The number of likely N-dealkylation sites (tertiary alicyclic amines) is 1. The van der Waals surface area contributed by atoms with Gasteiger partial charge in [0.2, 0.25) is 5.91 Å². The predicted molar refractivity (Wildman–Crippen MR) is 111 cm³/mol. The van der Waals surface area contributed by atoms with Crippen LogP contribution in [0, 0.1) is 22.0 Å². The van der Waals surface area contributed by atoms with E-state index in [1.807, 2.05) is 4.90 Å². The fraction of sp³-hybridized carbons (Fsp3) is 0.364. The highest BCUT2D eigenvalue weighted by molar-refractivity contribution is 6.04. The van der Waals surface area contributed by atoms with Crippen molar-refractivity contribution in [1.82, 2.24) is 4.90 Å². The van der Waals surface area contributed by atoms with Crippen molar-refractivity contribution in [3.63, 3.8) is 0 Å². The molecule has 1 aliphatic heterocycles. The molecule has 0 aromatic heterocycles. The molecule has 0 radical (unpaired) electrons. The van der Waals surface area contributed by atoms with E-state index < -0.39 is 4.92 Å². The van der Waals surface area contributed by atoms with E-state index in [1.165, 1.54) is 12.1 Å². The standard InChI is InChI=1S/C22H25N3O4/c1-15-11-16(2)14-24(13-15)22(27)19-5-3-4-6-20(19)23-21(26)12-17-7-9-18(10-8-17)25(28)29/h3-10,15-16H,11-14H2,1-2H3,(H,23,26). The average Bonchev–Trinajstić information content (AvgIpc) is 2.67. The first kappa shape index (κ1) is 20.5. The number of nitro benzene ring substituents is 1. The number of amides is 2. The molecule has 7 nitrogen and oxygen atoms in total. The molecule has 1 saturated heterocycles. The van der Waals surface area contributed by atoms with Crippen LogP contribution in [-0.4, -0.2) is 34.7 Å². The first-order chi connectivity index (χ1) is 13.8. The highest BCUT2D eigenvalue weighted by Crippen LogP contribution is 2.25. The van der Waals surface area contributed by atoms with Crippen LogP contribution >= 0.6 is 0 Å². The largest absolute Gasteiger partial charge is 0.338 e. The Morgan fingerprint density at radius 3 is 2.31 bits per heavy atom. The number of piperidine rings is 1. The van der Waals surface area contributed by atoms with Gasteiger partial charge in [-0.2, -0.15) is 0 Å². The number of nitro groups is 1. The molecular weight excluding hydrogens is 370 g/mol. The molecule has 2 aromatic carbocycles. The zero-order valence-corrected chi connectivity index (χ0v) is 16.6. The van der Waals surface area contributed by atoms with Crippen LogP contribution in [0.5, 0.6) is 0 Å². The van der Waals surface area contributed by atoms with E-state index in [2.05, 4.69) is 19.2 Å². The second-order valence-corrected chi connectivity index (χ2v) is 7.85. The topological polar surface area (TPSA) is 92.6 Å². The van der Waals surface area contributed by atoms with Crippen molar-refractivity contribution in [3.05, 3.63) is 69.8 Å². The number of benzene rings is 2. The van der Waals surface area contributed by atoms with Crippen LogP contribution in [0.25, 0.3) is 0 Å². The predicted octanol–water partition coefficient (Wildman–Crippen LogP) is 3.89. The van der Waals surface area contributed by atoms with Gasteiger partial charge in [-0.15, -0.1) is 0 Å². The van der Waals surface area contributed by atoms with Crippen molar-refractivity contribution in [3.8, 4) is 0 Å². The van der Waals surface area contributed by atoms with Gasteiger partial charge in [0.25, 0.3) is 11.6 Å². The first-order valence-corrected chi connectivity index (χ1v) is 9.75. The maximum Gasteiger partial charge on any atom is 0.269 e. The highest BCUT2D eigenvalue weighted by atomic mass is 16.6. The van der Waals surface area contributed by atoms with E-state index in [-0.39, 0.29) is 23.9 Å². The van der Waals surface area contributed by atoms with Crippen LogP contribution in [0.3, 0.4) is 0 Å². The Hall–Kier alpha value is -3.22. The molecule has 152 valence electrons. The maximum atomic E-state index is 13.1. The molecule has 2 aromatic rings. The summed E-state index contributed by atoms with van der Waals surface area (Å²) in [6.45, 7) is 5.73. The molecule has 1 heterocycles. The molecule has 0 saturated carbocycles. The van der Waals surface area contributed by atoms with Crippen molar-refractivity contribution in [2.24, 2.45) is 11.8 Å².